The maximum absolute atomic E-state index is 10.5. The summed E-state index contributed by atoms with van der Waals surface area (Å²) < 4.78 is 10.0. The zero-order chi connectivity index (χ0) is 18.2. The lowest BCUT2D eigenvalue weighted by Crippen LogP contribution is -2.36. The summed E-state index contributed by atoms with van der Waals surface area (Å²) in [5.41, 5.74) is 8.37. The van der Waals surface area contributed by atoms with Crippen molar-refractivity contribution in [3.63, 3.8) is 0 Å². The first-order valence-corrected chi connectivity index (χ1v) is 8.53. The van der Waals surface area contributed by atoms with Gasteiger partial charge in [0, 0.05) is 18.2 Å². The lowest BCUT2D eigenvalue weighted by Gasteiger charge is -2.30. The Balaban J connectivity index is 0.000000196. The van der Waals surface area contributed by atoms with Crippen LogP contribution in [0, 0.1) is 5.92 Å². The van der Waals surface area contributed by atoms with E-state index in [1.54, 1.807) is 14.2 Å². The van der Waals surface area contributed by atoms with Gasteiger partial charge in [0.25, 0.3) is 0 Å². The van der Waals surface area contributed by atoms with Gasteiger partial charge in [0.2, 0.25) is 0 Å². The number of benzene rings is 1. The van der Waals surface area contributed by atoms with Crippen LogP contribution in [-0.2, 0) is 0 Å². The van der Waals surface area contributed by atoms with Crippen molar-refractivity contribution < 1.29 is 14.3 Å². The Kier molecular flexibility index (Phi) is 7.06. The van der Waals surface area contributed by atoms with Gasteiger partial charge in [0.15, 0.2) is 11.5 Å². The van der Waals surface area contributed by atoms with E-state index in [4.69, 9.17) is 15.2 Å². The number of hydrogen-bond donors (Lipinski definition) is 2. The van der Waals surface area contributed by atoms with Gasteiger partial charge in [-0.2, -0.15) is 5.10 Å². The molecule has 1 heterocycles. The molecule has 1 aromatic rings. The van der Waals surface area contributed by atoms with Crippen molar-refractivity contribution in [2.45, 2.75) is 31.7 Å². The minimum Gasteiger partial charge on any atom is -0.493 e. The summed E-state index contributed by atoms with van der Waals surface area (Å²) >= 11 is 0. The van der Waals surface area contributed by atoms with Crippen molar-refractivity contribution >= 4 is 11.7 Å². The normalized spacial score (nSPS) is 24.0. The molecule has 25 heavy (non-hydrogen) atoms. The van der Waals surface area contributed by atoms with Crippen molar-refractivity contribution in [3.8, 4) is 11.5 Å². The SMILES string of the molecule is CN1CCC2CC/C(=N\NC(N)=O)C[C@@H]21.COc1ccccc1OC. The first kappa shape index (κ1) is 19.1. The van der Waals surface area contributed by atoms with E-state index < -0.39 is 6.03 Å². The smallest absolute Gasteiger partial charge is 0.332 e. The summed E-state index contributed by atoms with van der Waals surface area (Å²) in [6.45, 7) is 1.19. The topological polar surface area (TPSA) is 89.2 Å². The maximum Gasteiger partial charge on any atom is 0.332 e. The largest absolute Gasteiger partial charge is 0.493 e. The molecule has 7 nitrogen and oxygen atoms in total. The zero-order valence-corrected chi connectivity index (χ0v) is 15.2. The van der Waals surface area contributed by atoms with Crippen molar-refractivity contribution in [2.24, 2.45) is 16.8 Å². The van der Waals surface area contributed by atoms with E-state index >= 15 is 0 Å². The Labute approximate surface area is 149 Å². The number of fused-ring (bicyclic) bond motifs is 1. The van der Waals surface area contributed by atoms with E-state index in [0.717, 1.165) is 36.0 Å². The van der Waals surface area contributed by atoms with Crippen molar-refractivity contribution in [2.75, 3.05) is 27.8 Å². The molecule has 1 aliphatic carbocycles. The van der Waals surface area contributed by atoms with Gasteiger partial charge in [0.05, 0.1) is 14.2 Å². The Morgan fingerprint density at radius 1 is 1.24 bits per heavy atom. The minimum atomic E-state index is -0.579. The Morgan fingerprint density at radius 3 is 2.44 bits per heavy atom. The molecule has 2 aliphatic rings. The predicted molar refractivity (Wildman–Crippen MR) is 98.1 cm³/mol. The number of nitrogens with one attached hydrogen (secondary N) is 1. The average molecular weight is 348 g/mol. The number of nitrogens with zero attached hydrogens (tertiary/aromatic N) is 2. The molecule has 1 aliphatic heterocycles. The number of primary amides is 1. The van der Waals surface area contributed by atoms with Gasteiger partial charge >= 0.3 is 6.03 Å². The Hall–Kier alpha value is -2.28. The molecule has 3 N–H and O–H groups in total. The summed E-state index contributed by atoms with van der Waals surface area (Å²) in [6, 6.07) is 7.57. The molecule has 2 atom stereocenters. The van der Waals surface area contributed by atoms with Crippen molar-refractivity contribution in [1.29, 1.82) is 0 Å². The molecule has 138 valence electrons. The summed E-state index contributed by atoms with van der Waals surface area (Å²) in [5.74, 6) is 2.36. The van der Waals surface area contributed by atoms with Gasteiger partial charge in [-0.05, 0) is 50.9 Å². The third kappa shape index (κ3) is 5.35. The fraction of sp³-hybridized carbons (Fsp3) is 0.556. The molecular weight excluding hydrogens is 320 g/mol. The third-order valence-electron chi connectivity index (χ3n) is 4.82. The minimum absolute atomic E-state index is 0.579. The standard InChI is InChI=1S/C10H18N4O.C8H10O2/c1-14-5-4-7-2-3-8(6-9(7)14)12-13-10(11)15;1-9-7-5-3-4-6-8(7)10-2/h7,9H,2-6H2,1H3,(H3,11,13,15);3-6H,1-2H3/b12-8+;/t7?,9-;/m0./s1. The second-order valence-electron chi connectivity index (χ2n) is 6.35. The molecule has 1 unspecified atom stereocenters. The number of amides is 2. The number of hydrazone groups is 1. The first-order valence-electron chi connectivity index (χ1n) is 8.53. The van der Waals surface area contributed by atoms with E-state index in [1.807, 2.05) is 24.3 Å². The van der Waals surface area contributed by atoms with Crippen LogP contribution < -0.4 is 20.6 Å². The Bertz CT molecular complexity index is 583. The zero-order valence-electron chi connectivity index (χ0n) is 15.2. The fourth-order valence-corrected chi connectivity index (χ4v) is 3.47. The summed E-state index contributed by atoms with van der Waals surface area (Å²) in [7, 11) is 5.41. The molecule has 1 saturated carbocycles. The molecule has 3 rings (SSSR count). The lowest BCUT2D eigenvalue weighted by molar-refractivity contribution is 0.248. The predicted octanol–water partition coefficient (Wildman–Crippen LogP) is 2.22. The van der Waals surface area contributed by atoms with E-state index in [2.05, 4.69) is 22.5 Å². The highest BCUT2D eigenvalue weighted by Crippen LogP contribution is 2.33. The molecule has 2 amide bonds. The molecule has 0 spiro atoms. The maximum atomic E-state index is 10.5. The van der Waals surface area contributed by atoms with E-state index in [1.165, 1.54) is 19.4 Å². The van der Waals surface area contributed by atoms with Gasteiger partial charge in [-0.1, -0.05) is 12.1 Å². The molecule has 0 bridgehead atoms. The number of urea groups is 1. The van der Waals surface area contributed by atoms with Crippen LogP contribution in [0.3, 0.4) is 0 Å². The summed E-state index contributed by atoms with van der Waals surface area (Å²) in [4.78, 5) is 12.9. The number of rotatable bonds is 3. The highest BCUT2D eigenvalue weighted by atomic mass is 16.5. The highest BCUT2D eigenvalue weighted by Gasteiger charge is 2.35. The monoisotopic (exact) mass is 348 g/mol. The summed E-state index contributed by atoms with van der Waals surface area (Å²) in [5, 5.41) is 4.04. The van der Waals surface area contributed by atoms with Gasteiger partial charge in [-0.3, -0.25) is 0 Å². The van der Waals surface area contributed by atoms with Crippen molar-refractivity contribution in [3.05, 3.63) is 24.3 Å². The van der Waals surface area contributed by atoms with Gasteiger partial charge in [0.1, 0.15) is 0 Å². The van der Waals surface area contributed by atoms with Crippen LogP contribution in [0.25, 0.3) is 0 Å². The number of likely N-dealkylation sites (tertiary alicyclic amines) is 1. The van der Waals surface area contributed by atoms with Crippen LogP contribution >= 0.6 is 0 Å². The quantitative estimate of drug-likeness (QED) is 0.820. The van der Waals surface area contributed by atoms with E-state index in [0.29, 0.717) is 6.04 Å². The molecule has 0 radical (unpaired) electrons. The number of carbonyl (C=O) groups is 1. The van der Waals surface area contributed by atoms with Crippen molar-refractivity contribution in [1.82, 2.24) is 10.3 Å². The third-order valence-corrected chi connectivity index (χ3v) is 4.82. The number of methoxy groups -OCH3 is 2. The number of hydrogen-bond acceptors (Lipinski definition) is 5. The number of carbonyl (C=O) groups excluding carboxylic acids is 1. The van der Waals surface area contributed by atoms with Crippen LogP contribution in [0.15, 0.2) is 29.4 Å². The number of nitrogens with two attached hydrogens (primary N) is 1. The molecule has 7 heteroatoms. The van der Waals surface area contributed by atoms with Gasteiger partial charge in [-0.25, -0.2) is 10.2 Å². The van der Waals surface area contributed by atoms with Gasteiger partial charge < -0.3 is 20.1 Å². The summed E-state index contributed by atoms with van der Waals surface area (Å²) in [6.07, 6.45) is 4.46. The molecule has 2 fully saturated rings. The van der Waals surface area contributed by atoms with Crippen LogP contribution in [0.1, 0.15) is 25.7 Å². The van der Waals surface area contributed by atoms with E-state index in [9.17, 15) is 4.79 Å². The lowest BCUT2D eigenvalue weighted by atomic mass is 9.84. The fourth-order valence-electron chi connectivity index (χ4n) is 3.47. The highest BCUT2D eigenvalue weighted by molar-refractivity contribution is 5.87. The van der Waals surface area contributed by atoms with Crippen LogP contribution in [0.5, 0.6) is 11.5 Å². The van der Waals surface area contributed by atoms with Crippen LogP contribution in [0.4, 0.5) is 4.79 Å². The number of ether oxygens (including phenoxy) is 2. The van der Waals surface area contributed by atoms with Crippen LogP contribution in [0.2, 0.25) is 0 Å². The molecule has 1 saturated heterocycles. The molecule has 0 aromatic heterocycles. The average Bonchev–Trinajstić information content (AvgIpc) is 3.01. The van der Waals surface area contributed by atoms with E-state index in [-0.39, 0.29) is 0 Å². The first-order chi connectivity index (χ1) is 12.0. The molecular formula is C18H28N4O3. The van der Waals surface area contributed by atoms with Gasteiger partial charge in [-0.15, -0.1) is 0 Å². The molecule has 1 aromatic carbocycles. The second kappa shape index (κ2) is 9.27. The second-order valence-corrected chi connectivity index (χ2v) is 6.35. The number of para-hydroxylation sites is 2. The Morgan fingerprint density at radius 2 is 1.88 bits per heavy atom. The van der Waals surface area contributed by atoms with Crippen LogP contribution in [-0.4, -0.2) is 50.5 Å².